The molecule has 0 amide bonds. The standard InChI is InChI=1S/C16H28N2O/c1-5-9-17(10-6-2)13-15-19-16-14-18(11-7-3)12-8-4/h5-8H,1-4,9-16H2. The third kappa shape index (κ3) is 10.4. The molecule has 0 aromatic carbocycles. The zero-order valence-corrected chi connectivity index (χ0v) is 12.1. The minimum atomic E-state index is 0.734. The van der Waals surface area contributed by atoms with E-state index in [2.05, 4.69) is 36.1 Å². The van der Waals surface area contributed by atoms with Crippen molar-refractivity contribution in [1.82, 2.24) is 9.80 Å². The second-order valence-electron chi connectivity index (χ2n) is 4.29. The van der Waals surface area contributed by atoms with Crippen molar-refractivity contribution in [2.24, 2.45) is 0 Å². The highest BCUT2D eigenvalue weighted by atomic mass is 16.5. The predicted molar refractivity (Wildman–Crippen MR) is 84.5 cm³/mol. The lowest BCUT2D eigenvalue weighted by Crippen LogP contribution is -2.31. The van der Waals surface area contributed by atoms with Gasteiger partial charge in [0.05, 0.1) is 13.2 Å². The van der Waals surface area contributed by atoms with E-state index < -0.39 is 0 Å². The van der Waals surface area contributed by atoms with Gasteiger partial charge in [0.15, 0.2) is 0 Å². The summed E-state index contributed by atoms with van der Waals surface area (Å²) in [6.45, 7) is 21.7. The molecule has 0 N–H and O–H groups in total. The fourth-order valence-electron chi connectivity index (χ4n) is 1.73. The van der Waals surface area contributed by atoms with Crippen LogP contribution in [0.2, 0.25) is 0 Å². The molecule has 0 saturated carbocycles. The molecule has 0 atom stereocenters. The van der Waals surface area contributed by atoms with Crippen LogP contribution in [-0.2, 0) is 4.74 Å². The van der Waals surface area contributed by atoms with E-state index in [1.54, 1.807) is 0 Å². The van der Waals surface area contributed by atoms with E-state index >= 15 is 0 Å². The molecule has 0 heterocycles. The van der Waals surface area contributed by atoms with Crippen LogP contribution < -0.4 is 0 Å². The molecule has 0 aromatic rings. The van der Waals surface area contributed by atoms with Gasteiger partial charge in [0.2, 0.25) is 0 Å². The van der Waals surface area contributed by atoms with E-state index in [4.69, 9.17) is 4.74 Å². The molecule has 3 nitrogen and oxygen atoms in total. The Balaban J connectivity index is 3.70. The highest BCUT2D eigenvalue weighted by Crippen LogP contribution is 1.92. The molecule has 0 bridgehead atoms. The molecule has 0 spiro atoms. The van der Waals surface area contributed by atoms with Gasteiger partial charge in [-0.15, -0.1) is 26.3 Å². The van der Waals surface area contributed by atoms with Crippen molar-refractivity contribution in [2.75, 3.05) is 52.5 Å². The molecular weight excluding hydrogens is 236 g/mol. The summed E-state index contributed by atoms with van der Waals surface area (Å²) >= 11 is 0. The lowest BCUT2D eigenvalue weighted by molar-refractivity contribution is 0.0930. The van der Waals surface area contributed by atoms with Crippen molar-refractivity contribution in [3.05, 3.63) is 50.6 Å². The molecule has 108 valence electrons. The van der Waals surface area contributed by atoms with Crippen LogP contribution in [0.15, 0.2) is 50.6 Å². The summed E-state index contributed by atoms with van der Waals surface area (Å²) in [6.07, 6.45) is 7.61. The number of rotatable bonds is 14. The molecular formula is C16H28N2O. The van der Waals surface area contributed by atoms with Crippen LogP contribution in [-0.4, -0.2) is 62.3 Å². The van der Waals surface area contributed by atoms with E-state index in [0.29, 0.717) is 0 Å². The molecule has 0 aliphatic carbocycles. The molecule has 0 aliphatic rings. The Kier molecular flexibility index (Phi) is 12.5. The summed E-state index contributed by atoms with van der Waals surface area (Å²) in [6, 6.07) is 0. The molecule has 0 rings (SSSR count). The molecule has 0 saturated heterocycles. The van der Waals surface area contributed by atoms with Gasteiger partial charge in [0.1, 0.15) is 0 Å². The maximum Gasteiger partial charge on any atom is 0.0594 e. The summed E-state index contributed by atoms with van der Waals surface area (Å²) < 4.78 is 5.66. The van der Waals surface area contributed by atoms with Crippen molar-refractivity contribution in [2.45, 2.75) is 0 Å². The highest BCUT2D eigenvalue weighted by Gasteiger charge is 2.02. The Hall–Kier alpha value is -1.16. The lowest BCUT2D eigenvalue weighted by atomic mass is 10.4. The Morgan fingerprint density at radius 3 is 1.21 bits per heavy atom. The van der Waals surface area contributed by atoms with Crippen LogP contribution in [0, 0.1) is 0 Å². The number of hydrogen-bond donors (Lipinski definition) is 0. The highest BCUT2D eigenvalue weighted by molar-refractivity contribution is 4.80. The second kappa shape index (κ2) is 13.3. The smallest absolute Gasteiger partial charge is 0.0594 e. The lowest BCUT2D eigenvalue weighted by Gasteiger charge is -2.20. The summed E-state index contributed by atoms with van der Waals surface area (Å²) in [4.78, 5) is 4.48. The molecule has 0 unspecified atom stereocenters. The fraction of sp³-hybridized carbons (Fsp3) is 0.500. The molecule has 19 heavy (non-hydrogen) atoms. The van der Waals surface area contributed by atoms with Gasteiger partial charge < -0.3 is 4.74 Å². The van der Waals surface area contributed by atoms with E-state index in [-0.39, 0.29) is 0 Å². The SMILES string of the molecule is C=CCN(CC=C)CCOCCN(CC=C)CC=C. The fourth-order valence-corrected chi connectivity index (χ4v) is 1.73. The van der Waals surface area contributed by atoms with Crippen LogP contribution in [0.3, 0.4) is 0 Å². The number of ether oxygens (including phenoxy) is 1. The van der Waals surface area contributed by atoms with E-state index in [9.17, 15) is 0 Å². The normalized spacial score (nSPS) is 10.6. The van der Waals surface area contributed by atoms with E-state index in [0.717, 1.165) is 52.5 Å². The largest absolute Gasteiger partial charge is 0.379 e. The van der Waals surface area contributed by atoms with Crippen LogP contribution in [0.4, 0.5) is 0 Å². The Morgan fingerprint density at radius 1 is 0.632 bits per heavy atom. The van der Waals surface area contributed by atoms with Crippen molar-refractivity contribution >= 4 is 0 Å². The third-order valence-corrected chi connectivity index (χ3v) is 2.65. The van der Waals surface area contributed by atoms with Gasteiger partial charge in [-0.3, -0.25) is 9.80 Å². The van der Waals surface area contributed by atoms with Gasteiger partial charge in [-0.25, -0.2) is 0 Å². The summed E-state index contributed by atoms with van der Waals surface area (Å²) in [5.41, 5.74) is 0. The Labute approximate surface area is 118 Å². The van der Waals surface area contributed by atoms with Crippen LogP contribution in [0.1, 0.15) is 0 Å². The zero-order chi connectivity index (χ0) is 14.3. The maximum absolute atomic E-state index is 5.66. The Bertz CT molecular complexity index is 217. The molecule has 0 aromatic heterocycles. The summed E-state index contributed by atoms with van der Waals surface area (Å²) in [7, 11) is 0. The van der Waals surface area contributed by atoms with Gasteiger partial charge in [0.25, 0.3) is 0 Å². The topological polar surface area (TPSA) is 15.7 Å². The van der Waals surface area contributed by atoms with E-state index in [1.165, 1.54) is 0 Å². The first kappa shape index (κ1) is 17.8. The summed E-state index contributed by atoms with van der Waals surface area (Å²) in [5, 5.41) is 0. The van der Waals surface area contributed by atoms with Crippen molar-refractivity contribution in [3.63, 3.8) is 0 Å². The average molecular weight is 264 g/mol. The van der Waals surface area contributed by atoms with Gasteiger partial charge in [-0.1, -0.05) is 24.3 Å². The van der Waals surface area contributed by atoms with Gasteiger partial charge in [-0.2, -0.15) is 0 Å². The van der Waals surface area contributed by atoms with Crippen molar-refractivity contribution < 1.29 is 4.74 Å². The Morgan fingerprint density at radius 2 is 0.947 bits per heavy atom. The average Bonchev–Trinajstić information content (AvgIpc) is 2.39. The first-order valence-corrected chi connectivity index (χ1v) is 6.74. The zero-order valence-electron chi connectivity index (χ0n) is 12.1. The van der Waals surface area contributed by atoms with Crippen LogP contribution >= 0.6 is 0 Å². The van der Waals surface area contributed by atoms with Crippen LogP contribution in [0.25, 0.3) is 0 Å². The van der Waals surface area contributed by atoms with Crippen LogP contribution in [0.5, 0.6) is 0 Å². The summed E-state index contributed by atoms with van der Waals surface area (Å²) in [5.74, 6) is 0. The predicted octanol–water partition coefficient (Wildman–Crippen LogP) is 2.35. The second-order valence-corrected chi connectivity index (χ2v) is 4.29. The van der Waals surface area contributed by atoms with E-state index in [1.807, 2.05) is 24.3 Å². The minimum Gasteiger partial charge on any atom is -0.379 e. The molecule has 0 fully saturated rings. The number of nitrogens with zero attached hydrogens (tertiary/aromatic N) is 2. The first-order chi connectivity index (χ1) is 9.28. The quantitative estimate of drug-likeness (QED) is 0.354. The van der Waals surface area contributed by atoms with Crippen molar-refractivity contribution in [3.8, 4) is 0 Å². The number of hydrogen-bond acceptors (Lipinski definition) is 3. The minimum absolute atomic E-state index is 0.734. The monoisotopic (exact) mass is 264 g/mol. The van der Waals surface area contributed by atoms with Gasteiger partial charge in [0, 0.05) is 39.3 Å². The first-order valence-electron chi connectivity index (χ1n) is 6.74. The van der Waals surface area contributed by atoms with Gasteiger partial charge >= 0.3 is 0 Å². The van der Waals surface area contributed by atoms with Crippen molar-refractivity contribution in [1.29, 1.82) is 0 Å². The molecule has 0 radical (unpaired) electrons. The van der Waals surface area contributed by atoms with Gasteiger partial charge in [-0.05, 0) is 0 Å². The molecule has 3 heteroatoms. The maximum atomic E-state index is 5.66. The molecule has 0 aliphatic heterocycles. The third-order valence-electron chi connectivity index (χ3n) is 2.65.